The highest BCUT2D eigenvalue weighted by Crippen LogP contribution is 2.29. The number of para-hydroxylation sites is 1. The molecular formula is C15H20N2O4. The SMILES string of the molecule is CC1Cc2ccccc2N(C(=O)NCCOCC(=O)O)C1. The number of aliphatic carboxylic acids is 1. The van der Waals surface area contributed by atoms with Crippen molar-refractivity contribution in [2.75, 3.05) is 31.2 Å². The van der Waals surface area contributed by atoms with E-state index in [9.17, 15) is 9.59 Å². The van der Waals surface area contributed by atoms with Gasteiger partial charge in [0.25, 0.3) is 0 Å². The number of hydrogen-bond acceptors (Lipinski definition) is 3. The van der Waals surface area contributed by atoms with Crippen LogP contribution in [0.3, 0.4) is 0 Å². The summed E-state index contributed by atoms with van der Waals surface area (Å²) in [6, 6.07) is 7.72. The third kappa shape index (κ3) is 4.19. The number of urea groups is 1. The number of carboxylic acids is 1. The van der Waals surface area contributed by atoms with E-state index >= 15 is 0 Å². The van der Waals surface area contributed by atoms with E-state index in [-0.39, 0.29) is 19.2 Å². The molecule has 1 atom stereocenters. The van der Waals surface area contributed by atoms with E-state index in [2.05, 4.69) is 12.2 Å². The molecule has 0 aliphatic carbocycles. The van der Waals surface area contributed by atoms with Gasteiger partial charge in [0, 0.05) is 18.8 Å². The summed E-state index contributed by atoms with van der Waals surface area (Å²) in [5.41, 5.74) is 2.12. The second kappa shape index (κ2) is 7.08. The molecule has 21 heavy (non-hydrogen) atoms. The molecule has 0 bridgehead atoms. The summed E-state index contributed by atoms with van der Waals surface area (Å²) in [5.74, 6) is -0.603. The van der Waals surface area contributed by atoms with Gasteiger partial charge < -0.3 is 15.2 Å². The van der Waals surface area contributed by atoms with Gasteiger partial charge in [0.1, 0.15) is 6.61 Å². The number of carbonyl (C=O) groups is 2. The Labute approximate surface area is 123 Å². The van der Waals surface area contributed by atoms with Crippen molar-refractivity contribution in [3.05, 3.63) is 29.8 Å². The largest absolute Gasteiger partial charge is 0.480 e. The standard InChI is InChI=1S/C15H20N2O4/c1-11-8-12-4-2-3-5-13(12)17(9-11)15(20)16-6-7-21-10-14(18)19/h2-5,11H,6-10H2,1H3,(H,16,20)(H,18,19). The van der Waals surface area contributed by atoms with E-state index in [0.717, 1.165) is 12.1 Å². The predicted molar refractivity (Wildman–Crippen MR) is 78.5 cm³/mol. The maximum Gasteiger partial charge on any atom is 0.329 e. The molecule has 2 rings (SSSR count). The number of ether oxygens (including phenoxy) is 1. The number of amides is 2. The zero-order chi connectivity index (χ0) is 15.2. The Morgan fingerprint density at radius 1 is 1.43 bits per heavy atom. The molecule has 1 aliphatic heterocycles. The van der Waals surface area contributed by atoms with Crippen LogP contribution in [0.1, 0.15) is 12.5 Å². The molecule has 1 aromatic rings. The van der Waals surface area contributed by atoms with E-state index in [4.69, 9.17) is 9.84 Å². The Morgan fingerprint density at radius 3 is 2.95 bits per heavy atom. The van der Waals surface area contributed by atoms with Gasteiger partial charge in [-0.05, 0) is 24.0 Å². The topological polar surface area (TPSA) is 78.9 Å². The number of benzene rings is 1. The van der Waals surface area contributed by atoms with Gasteiger partial charge in [-0.25, -0.2) is 9.59 Å². The summed E-state index contributed by atoms with van der Waals surface area (Å²) < 4.78 is 4.89. The number of carboxylic acid groups (broad SMARTS) is 1. The first kappa shape index (κ1) is 15.3. The van der Waals surface area contributed by atoms with Crippen molar-refractivity contribution in [2.45, 2.75) is 13.3 Å². The number of fused-ring (bicyclic) bond motifs is 1. The van der Waals surface area contributed by atoms with Crippen LogP contribution in [0.5, 0.6) is 0 Å². The fraction of sp³-hybridized carbons (Fsp3) is 0.467. The van der Waals surface area contributed by atoms with Crippen molar-refractivity contribution < 1.29 is 19.4 Å². The van der Waals surface area contributed by atoms with Gasteiger partial charge >= 0.3 is 12.0 Å². The molecule has 114 valence electrons. The lowest BCUT2D eigenvalue weighted by atomic mass is 9.94. The van der Waals surface area contributed by atoms with Crippen molar-refractivity contribution in [3.8, 4) is 0 Å². The van der Waals surface area contributed by atoms with Crippen molar-refractivity contribution in [1.82, 2.24) is 5.32 Å². The molecule has 1 heterocycles. The van der Waals surface area contributed by atoms with Gasteiger partial charge in [-0.2, -0.15) is 0 Å². The fourth-order valence-electron chi connectivity index (χ4n) is 2.47. The molecule has 6 heteroatoms. The average Bonchev–Trinajstić information content (AvgIpc) is 2.45. The van der Waals surface area contributed by atoms with E-state index in [0.29, 0.717) is 19.0 Å². The number of anilines is 1. The van der Waals surface area contributed by atoms with Crippen LogP contribution < -0.4 is 10.2 Å². The molecule has 0 aromatic heterocycles. The molecule has 0 spiro atoms. The summed E-state index contributed by atoms with van der Waals surface area (Å²) in [7, 11) is 0. The van der Waals surface area contributed by atoms with Crippen LogP contribution in [0.25, 0.3) is 0 Å². The molecule has 6 nitrogen and oxygen atoms in total. The molecule has 0 saturated heterocycles. The molecule has 2 N–H and O–H groups in total. The van der Waals surface area contributed by atoms with Crippen LogP contribution in [0, 0.1) is 5.92 Å². The lowest BCUT2D eigenvalue weighted by Crippen LogP contribution is -2.46. The highest BCUT2D eigenvalue weighted by atomic mass is 16.5. The Bertz CT molecular complexity index is 518. The van der Waals surface area contributed by atoms with E-state index in [1.807, 2.05) is 24.3 Å². The van der Waals surface area contributed by atoms with E-state index in [1.54, 1.807) is 4.90 Å². The van der Waals surface area contributed by atoms with E-state index < -0.39 is 5.97 Å². The van der Waals surface area contributed by atoms with Crippen LogP contribution in [0.4, 0.5) is 10.5 Å². The molecule has 1 unspecified atom stereocenters. The van der Waals surface area contributed by atoms with Crippen LogP contribution >= 0.6 is 0 Å². The smallest absolute Gasteiger partial charge is 0.329 e. The Morgan fingerprint density at radius 2 is 2.19 bits per heavy atom. The Kier molecular flexibility index (Phi) is 5.16. The number of rotatable bonds is 5. The van der Waals surface area contributed by atoms with Gasteiger partial charge in [0.15, 0.2) is 0 Å². The van der Waals surface area contributed by atoms with Gasteiger partial charge in [-0.1, -0.05) is 25.1 Å². The summed E-state index contributed by atoms with van der Waals surface area (Å²) in [4.78, 5) is 24.3. The molecule has 1 aromatic carbocycles. The lowest BCUT2D eigenvalue weighted by Gasteiger charge is -2.33. The van der Waals surface area contributed by atoms with Crippen LogP contribution in [0.2, 0.25) is 0 Å². The van der Waals surface area contributed by atoms with E-state index in [1.165, 1.54) is 5.56 Å². The summed E-state index contributed by atoms with van der Waals surface area (Å²) in [6.07, 6.45) is 0.974. The summed E-state index contributed by atoms with van der Waals surface area (Å²) in [5, 5.41) is 11.2. The van der Waals surface area contributed by atoms with Crippen LogP contribution in [-0.4, -0.2) is 43.4 Å². The summed E-state index contributed by atoms with van der Waals surface area (Å²) >= 11 is 0. The number of hydrogen-bond donors (Lipinski definition) is 2. The molecule has 1 aliphatic rings. The van der Waals surface area contributed by atoms with Gasteiger partial charge in [0.2, 0.25) is 0 Å². The van der Waals surface area contributed by atoms with Gasteiger partial charge in [-0.15, -0.1) is 0 Å². The van der Waals surface area contributed by atoms with Crippen molar-refractivity contribution in [1.29, 1.82) is 0 Å². The second-order valence-corrected chi connectivity index (χ2v) is 5.23. The molecule has 0 fully saturated rings. The Balaban J connectivity index is 1.89. The van der Waals surface area contributed by atoms with Gasteiger partial charge in [0.05, 0.1) is 6.61 Å². The number of nitrogens with zero attached hydrogens (tertiary/aromatic N) is 1. The van der Waals surface area contributed by atoms with Crippen molar-refractivity contribution in [2.24, 2.45) is 5.92 Å². The van der Waals surface area contributed by atoms with Gasteiger partial charge in [-0.3, -0.25) is 4.90 Å². The highest BCUT2D eigenvalue weighted by Gasteiger charge is 2.25. The number of carbonyl (C=O) groups excluding carboxylic acids is 1. The minimum atomic E-state index is -1.01. The first-order valence-electron chi connectivity index (χ1n) is 7.00. The highest BCUT2D eigenvalue weighted by molar-refractivity contribution is 5.93. The minimum Gasteiger partial charge on any atom is -0.480 e. The second-order valence-electron chi connectivity index (χ2n) is 5.23. The Hall–Kier alpha value is -2.08. The maximum absolute atomic E-state index is 12.2. The predicted octanol–water partition coefficient (Wildman–Crippen LogP) is 1.50. The third-order valence-electron chi connectivity index (χ3n) is 3.34. The van der Waals surface area contributed by atoms with Crippen LogP contribution in [0.15, 0.2) is 24.3 Å². The zero-order valence-corrected chi connectivity index (χ0v) is 12.0. The fourth-order valence-corrected chi connectivity index (χ4v) is 2.47. The van der Waals surface area contributed by atoms with Crippen LogP contribution in [-0.2, 0) is 16.0 Å². The normalized spacial score (nSPS) is 17.2. The molecule has 0 radical (unpaired) electrons. The average molecular weight is 292 g/mol. The maximum atomic E-state index is 12.2. The van der Waals surface area contributed by atoms with Crippen molar-refractivity contribution in [3.63, 3.8) is 0 Å². The van der Waals surface area contributed by atoms with Crippen molar-refractivity contribution >= 4 is 17.7 Å². The first-order chi connectivity index (χ1) is 10.1. The first-order valence-corrected chi connectivity index (χ1v) is 7.00. The molecular weight excluding hydrogens is 272 g/mol. The molecule has 2 amide bonds. The molecule has 0 saturated carbocycles. The summed E-state index contributed by atoms with van der Waals surface area (Å²) in [6.45, 7) is 2.92. The third-order valence-corrected chi connectivity index (χ3v) is 3.34. The zero-order valence-electron chi connectivity index (χ0n) is 12.0. The lowest BCUT2D eigenvalue weighted by molar-refractivity contribution is -0.142. The minimum absolute atomic E-state index is 0.173. The number of nitrogens with one attached hydrogen (secondary N) is 1. The quantitative estimate of drug-likeness (QED) is 0.806. The monoisotopic (exact) mass is 292 g/mol.